The Kier molecular flexibility index (Phi) is 8.06. The maximum Gasteiger partial charge on any atom is 0.293 e. The van der Waals surface area contributed by atoms with Gasteiger partial charge in [-0.3, -0.25) is 14.5 Å². The molecule has 3 aromatic carbocycles. The molecule has 4 rings (SSSR count). The Morgan fingerprint density at radius 1 is 1.00 bits per heavy atom. The lowest BCUT2D eigenvalue weighted by Gasteiger charge is -2.15. The van der Waals surface area contributed by atoms with E-state index in [-0.39, 0.29) is 24.3 Å². The number of ether oxygens (including phenoxy) is 2. The van der Waals surface area contributed by atoms with Crippen LogP contribution in [0, 0.1) is 6.92 Å². The molecule has 35 heavy (non-hydrogen) atoms. The molecule has 0 atom stereocenters. The molecule has 1 heterocycles. The molecular weight excluding hydrogens is 505 g/mol. The Labute approximate surface area is 218 Å². The van der Waals surface area contributed by atoms with Crippen LogP contribution in [0.2, 0.25) is 10.0 Å². The molecule has 8 heteroatoms. The Morgan fingerprint density at radius 2 is 1.74 bits per heavy atom. The van der Waals surface area contributed by atoms with Crippen LogP contribution in [-0.2, 0) is 17.9 Å². The summed E-state index contributed by atoms with van der Waals surface area (Å²) in [5.41, 5.74) is 3.52. The average molecular weight is 528 g/mol. The summed E-state index contributed by atoms with van der Waals surface area (Å²) in [6.07, 6.45) is 1.65. The van der Waals surface area contributed by atoms with E-state index in [0.717, 1.165) is 28.5 Å². The lowest BCUT2D eigenvalue weighted by molar-refractivity contribution is -0.123. The van der Waals surface area contributed by atoms with Gasteiger partial charge in [0.05, 0.1) is 23.1 Å². The molecule has 180 valence electrons. The van der Waals surface area contributed by atoms with Crippen molar-refractivity contribution in [1.29, 1.82) is 0 Å². The summed E-state index contributed by atoms with van der Waals surface area (Å²) in [6, 6.07) is 18.5. The molecule has 1 fully saturated rings. The second kappa shape index (κ2) is 11.2. The van der Waals surface area contributed by atoms with E-state index in [1.807, 2.05) is 50.2 Å². The van der Waals surface area contributed by atoms with Crippen molar-refractivity contribution >= 4 is 52.2 Å². The summed E-state index contributed by atoms with van der Waals surface area (Å²) in [7, 11) is 0. The van der Waals surface area contributed by atoms with E-state index in [0.29, 0.717) is 38.6 Å². The summed E-state index contributed by atoms with van der Waals surface area (Å²) in [4.78, 5) is 27.2. The molecule has 0 spiro atoms. The van der Waals surface area contributed by atoms with Crippen LogP contribution in [0.4, 0.5) is 4.79 Å². The molecule has 0 aliphatic carbocycles. The summed E-state index contributed by atoms with van der Waals surface area (Å²) in [6.45, 7) is 4.74. The van der Waals surface area contributed by atoms with E-state index in [4.69, 9.17) is 32.7 Å². The van der Waals surface area contributed by atoms with Crippen LogP contribution in [0.5, 0.6) is 11.5 Å². The molecule has 1 aliphatic heterocycles. The predicted octanol–water partition coefficient (Wildman–Crippen LogP) is 7.52. The summed E-state index contributed by atoms with van der Waals surface area (Å²) in [5, 5.41) is 0.688. The lowest BCUT2D eigenvalue weighted by atomic mass is 10.1. The number of hydrogen-bond acceptors (Lipinski definition) is 5. The summed E-state index contributed by atoms with van der Waals surface area (Å²) in [5.74, 6) is 0.535. The lowest BCUT2D eigenvalue weighted by Crippen LogP contribution is -2.27. The topological polar surface area (TPSA) is 55.8 Å². The van der Waals surface area contributed by atoms with Crippen molar-refractivity contribution in [3.05, 3.63) is 97.9 Å². The van der Waals surface area contributed by atoms with Crippen molar-refractivity contribution in [3.8, 4) is 11.5 Å². The monoisotopic (exact) mass is 527 g/mol. The van der Waals surface area contributed by atoms with Crippen molar-refractivity contribution in [3.63, 3.8) is 0 Å². The third kappa shape index (κ3) is 6.01. The highest BCUT2D eigenvalue weighted by Gasteiger charge is 2.35. The minimum atomic E-state index is -0.333. The van der Waals surface area contributed by atoms with Gasteiger partial charge in [0, 0.05) is 5.02 Å². The normalized spacial score (nSPS) is 14.6. The third-order valence-corrected chi connectivity index (χ3v) is 6.83. The van der Waals surface area contributed by atoms with Crippen molar-refractivity contribution in [2.24, 2.45) is 0 Å². The van der Waals surface area contributed by atoms with E-state index >= 15 is 0 Å². The number of hydrogen-bond donors (Lipinski definition) is 0. The van der Waals surface area contributed by atoms with Crippen molar-refractivity contribution < 1.29 is 19.1 Å². The van der Waals surface area contributed by atoms with Gasteiger partial charge in [-0.2, -0.15) is 0 Å². The van der Waals surface area contributed by atoms with Gasteiger partial charge in [0.25, 0.3) is 11.1 Å². The van der Waals surface area contributed by atoms with Crippen LogP contribution in [0.15, 0.2) is 65.6 Å². The quantitative estimate of drug-likeness (QED) is 0.283. The van der Waals surface area contributed by atoms with Crippen LogP contribution in [0.25, 0.3) is 6.08 Å². The molecule has 0 unspecified atom stereocenters. The number of amides is 2. The molecule has 0 aromatic heterocycles. The molecule has 1 saturated heterocycles. The van der Waals surface area contributed by atoms with Crippen LogP contribution < -0.4 is 9.47 Å². The Hall–Kier alpha value is -2.93. The first-order valence-electron chi connectivity index (χ1n) is 11.0. The molecule has 1 aliphatic rings. The van der Waals surface area contributed by atoms with E-state index < -0.39 is 0 Å². The number of nitrogens with zero attached hydrogens (tertiary/aromatic N) is 1. The van der Waals surface area contributed by atoms with Gasteiger partial charge in [0.2, 0.25) is 0 Å². The summed E-state index contributed by atoms with van der Waals surface area (Å²) >= 11 is 13.4. The van der Waals surface area contributed by atoms with Crippen molar-refractivity contribution in [2.45, 2.75) is 27.0 Å². The number of halogens is 2. The summed E-state index contributed by atoms with van der Waals surface area (Å²) < 4.78 is 11.7. The van der Waals surface area contributed by atoms with Gasteiger partial charge in [-0.15, -0.1) is 0 Å². The molecule has 0 radical (unpaired) electrons. The Bertz CT molecular complexity index is 1290. The van der Waals surface area contributed by atoms with Gasteiger partial charge in [-0.1, -0.05) is 59.6 Å². The SMILES string of the molecule is CCOc1cc(/C=C2\SC(=O)N(Cc3ccccc3C)C2=O)cc(Cl)c1OCc1ccc(Cl)cc1. The number of carbonyl (C=O) groups is 2. The highest BCUT2D eigenvalue weighted by Crippen LogP contribution is 2.40. The maximum atomic E-state index is 13.0. The van der Waals surface area contributed by atoms with E-state index in [2.05, 4.69) is 0 Å². The predicted molar refractivity (Wildman–Crippen MR) is 141 cm³/mol. The molecule has 0 saturated carbocycles. The zero-order valence-corrected chi connectivity index (χ0v) is 21.5. The van der Waals surface area contributed by atoms with Crippen LogP contribution in [0.1, 0.15) is 29.2 Å². The zero-order chi connectivity index (χ0) is 24.9. The first kappa shape index (κ1) is 25.2. The second-order valence-corrected chi connectivity index (χ2v) is 9.71. The largest absolute Gasteiger partial charge is 0.490 e. The zero-order valence-electron chi connectivity index (χ0n) is 19.2. The van der Waals surface area contributed by atoms with Crippen molar-refractivity contribution in [2.75, 3.05) is 6.61 Å². The first-order valence-corrected chi connectivity index (χ1v) is 12.6. The minimum absolute atomic E-state index is 0.233. The van der Waals surface area contributed by atoms with E-state index in [1.54, 1.807) is 30.3 Å². The fourth-order valence-electron chi connectivity index (χ4n) is 3.56. The fraction of sp³-hybridized carbons (Fsp3) is 0.185. The number of rotatable bonds is 8. The van der Waals surface area contributed by atoms with Gasteiger partial charge in [0.15, 0.2) is 11.5 Å². The smallest absolute Gasteiger partial charge is 0.293 e. The van der Waals surface area contributed by atoms with Crippen LogP contribution >= 0.6 is 35.0 Å². The maximum absolute atomic E-state index is 13.0. The van der Waals surface area contributed by atoms with Gasteiger partial charge < -0.3 is 9.47 Å². The minimum Gasteiger partial charge on any atom is -0.490 e. The number of imide groups is 1. The van der Waals surface area contributed by atoms with E-state index in [1.165, 1.54) is 4.90 Å². The fourth-order valence-corrected chi connectivity index (χ4v) is 4.79. The molecule has 0 N–H and O–H groups in total. The van der Waals surface area contributed by atoms with Gasteiger partial charge in [0.1, 0.15) is 6.61 Å². The second-order valence-electron chi connectivity index (χ2n) is 7.87. The van der Waals surface area contributed by atoms with Gasteiger partial charge in [-0.25, -0.2) is 0 Å². The highest BCUT2D eigenvalue weighted by atomic mass is 35.5. The number of thioether (sulfide) groups is 1. The number of carbonyl (C=O) groups excluding carboxylic acids is 2. The number of aryl methyl sites for hydroxylation is 1. The molecule has 0 bridgehead atoms. The van der Waals surface area contributed by atoms with Crippen LogP contribution in [-0.4, -0.2) is 22.7 Å². The molecule has 3 aromatic rings. The van der Waals surface area contributed by atoms with Gasteiger partial charge in [-0.05, 0) is 78.2 Å². The first-order chi connectivity index (χ1) is 16.9. The van der Waals surface area contributed by atoms with Crippen molar-refractivity contribution in [1.82, 2.24) is 4.90 Å². The molecular formula is C27H23Cl2NO4S. The van der Waals surface area contributed by atoms with Gasteiger partial charge >= 0.3 is 0 Å². The Morgan fingerprint density at radius 3 is 2.46 bits per heavy atom. The highest BCUT2D eigenvalue weighted by molar-refractivity contribution is 8.18. The Balaban J connectivity index is 1.55. The molecule has 2 amide bonds. The van der Waals surface area contributed by atoms with E-state index in [9.17, 15) is 9.59 Å². The van der Waals surface area contributed by atoms with Crippen LogP contribution in [0.3, 0.4) is 0 Å². The third-order valence-electron chi connectivity index (χ3n) is 5.39. The number of benzene rings is 3. The molecule has 5 nitrogen and oxygen atoms in total. The average Bonchev–Trinajstić information content (AvgIpc) is 3.08. The standard InChI is InChI=1S/C27H23Cl2NO4S/c1-3-33-23-13-19(12-22(29)25(23)34-16-18-8-10-21(28)11-9-18)14-24-26(31)30(27(32)35-24)15-20-7-5-4-6-17(20)2/h4-14H,3,15-16H2,1-2H3/b24-14-.